The summed E-state index contributed by atoms with van der Waals surface area (Å²) in [4.78, 5) is 37.6. The minimum atomic E-state index is -0.754. The minimum absolute atomic E-state index is 0.0914. The first-order valence-electron chi connectivity index (χ1n) is 8.08. The van der Waals surface area contributed by atoms with Gasteiger partial charge in [-0.2, -0.15) is 0 Å². The number of hydrogen-bond acceptors (Lipinski definition) is 6. The first-order chi connectivity index (χ1) is 12.0. The van der Waals surface area contributed by atoms with Crippen LogP contribution in [0.4, 0.5) is 5.69 Å². The molecule has 2 amide bonds. The Bertz CT molecular complexity index is 704. The van der Waals surface area contributed by atoms with E-state index in [0.29, 0.717) is 30.4 Å². The van der Waals surface area contributed by atoms with Crippen molar-refractivity contribution < 1.29 is 28.6 Å². The van der Waals surface area contributed by atoms with Gasteiger partial charge in [-0.1, -0.05) is 0 Å². The first-order valence-corrected chi connectivity index (χ1v) is 8.08. The van der Waals surface area contributed by atoms with Gasteiger partial charge in [0.15, 0.2) is 11.5 Å². The molecule has 0 aromatic heterocycles. The van der Waals surface area contributed by atoms with Gasteiger partial charge in [0, 0.05) is 24.7 Å². The van der Waals surface area contributed by atoms with Crippen molar-refractivity contribution in [2.75, 3.05) is 31.8 Å². The molecule has 2 heterocycles. The number of esters is 1. The summed E-state index contributed by atoms with van der Waals surface area (Å²) in [5.41, 5.74) is 0.658. The number of rotatable bonds is 4. The van der Waals surface area contributed by atoms with Crippen LogP contribution >= 0.6 is 0 Å². The first kappa shape index (κ1) is 17.1. The van der Waals surface area contributed by atoms with Crippen molar-refractivity contribution in [3.05, 3.63) is 18.2 Å². The Labute approximate surface area is 145 Å². The lowest BCUT2D eigenvalue weighted by atomic mass is 10.1. The molecule has 1 aromatic rings. The van der Waals surface area contributed by atoms with Gasteiger partial charge in [-0.05, 0) is 19.1 Å². The fraction of sp³-hybridized carbons (Fsp3) is 0.471. The third-order valence-electron chi connectivity index (χ3n) is 4.25. The van der Waals surface area contributed by atoms with Crippen LogP contribution in [0.1, 0.15) is 13.3 Å². The Kier molecular flexibility index (Phi) is 4.78. The molecule has 25 heavy (non-hydrogen) atoms. The summed E-state index contributed by atoms with van der Waals surface area (Å²) in [6, 6.07) is 4.51. The number of anilines is 1. The standard InChI is InChI=1S/C17H20N2O6/c1-10(17(22)23-2)18-16(21)11-7-15(20)19(9-11)12-3-4-13-14(8-12)25-6-5-24-13/h3-4,8,10-11H,5-7,9H2,1-2H3,(H,18,21)/t10-,11+/m1/s1. The van der Waals surface area contributed by atoms with Crippen LogP contribution in [0.2, 0.25) is 0 Å². The molecule has 2 atom stereocenters. The molecule has 2 aliphatic heterocycles. The number of nitrogens with zero attached hydrogens (tertiary/aromatic N) is 1. The molecule has 3 rings (SSSR count). The van der Waals surface area contributed by atoms with Crippen LogP contribution < -0.4 is 19.7 Å². The van der Waals surface area contributed by atoms with Crippen molar-refractivity contribution in [3.63, 3.8) is 0 Å². The molecule has 1 fully saturated rings. The largest absolute Gasteiger partial charge is 0.486 e. The number of carbonyl (C=O) groups is 3. The summed E-state index contributed by atoms with van der Waals surface area (Å²) in [7, 11) is 1.26. The fourth-order valence-electron chi connectivity index (χ4n) is 2.90. The van der Waals surface area contributed by atoms with Crippen molar-refractivity contribution >= 4 is 23.5 Å². The summed E-state index contributed by atoms with van der Waals surface area (Å²) >= 11 is 0. The molecular formula is C17H20N2O6. The van der Waals surface area contributed by atoms with E-state index in [2.05, 4.69) is 10.1 Å². The average molecular weight is 348 g/mol. The maximum absolute atomic E-state index is 12.3. The number of amides is 2. The number of fused-ring (bicyclic) bond motifs is 1. The average Bonchev–Trinajstić information content (AvgIpc) is 3.02. The molecule has 1 saturated heterocycles. The van der Waals surface area contributed by atoms with Gasteiger partial charge in [0.25, 0.3) is 0 Å². The van der Waals surface area contributed by atoms with Crippen LogP contribution in [0, 0.1) is 5.92 Å². The van der Waals surface area contributed by atoms with E-state index in [4.69, 9.17) is 9.47 Å². The van der Waals surface area contributed by atoms with E-state index in [9.17, 15) is 14.4 Å². The number of benzene rings is 1. The van der Waals surface area contributed by atoms with Crippen molar-refractivity contribution in [1.82, 2.24) is 5.32 Å². The topological polar surface area (TPSA) is 94.2 Å². The summed E-state index contributed by atoms with van der Waals surface area (Å²) in [6.07, 6.45) is 0.0914. The lowest BCUT2D eigenvalue weighted by Crippen LogP contribution is -2.43. The summed E-state index contributed by atoms with van der Waals surface area (Å²) < 4.78 is 15.6. The van der Waals surface area contributed by atoms with Crippen molar-refractivity contribution in [1.29, 1.82) is 0 Å². The predicted molar refractivity (Wildman–Crippen MR) is 87.5 cm³/mol. The number of carbonyl (C=O) groups excluding carboxylic acids is 3. The van der Waals surface area contributed by atoms with Gasteiger partial charge < -0.3 is 24.4 Å². The highest BCUT2D eigenvalue weighted by Crippen LogP contribution is 2.35. The van der Waals surface area contributed by atoms with Crippen molar-refractivity contribution in [2.45, 2.75) is 19.4 Å². The Hall–Kier alpha value is -2.77. The molecule has 0 spiro atoms. The molecule has 0 aliphatic carbocycles. The van der Waals surface area contributed by atoms with Crippen molar-refractivity contribution in [3.8, 4) is 11.5 Å². The van der Waals surface area contributed by atoms with Gasteiger partial charge in [-0.15, -0.1) is 0 Å². The highest BCUT2D eigenvalue weighted by molar-refractivity contribution is 6.01. The smallest absolute Gasteiger partial charge is 0.328 e. The van der Waals surface area contributed by atoms with Gasteiger partial charge in [-0.25, -0.2) is 4.79 Å². The molecule has 0 unspecified atom stereocenters. The Morgan fingerprint density at radius 1 is 1.28 bits per heavy atom. The molecule has 2 aliphatic rings. The Morgan fingerprint density at radius 2 is 2.00 bits per heavy atom. The molecular weight excluding hydrogens is 328 g/mol. The molecule has 0 radical (unpaired) electrons. The summed E-state index contributed by atoms with van der Waals surface area (Å²) in [5, 5.41) is 2.58. The lowest BCUT2D eigenvalue weighted by molar-refractivity contribution is -0.144. The van der Waals surface area contributed by atoms with E-state index in [-0.39, 0.29) is 24.8 Å². The van der Waals surface area contributed by atoms with Gasteiger partial charge in [0.1, 0.15) is 19.3 Å². The molecule has 8 nitrogen and oxygen atoms in total. The van der Waals surface area contributed by atoms with E-state index < -0.39 is 17.9 Å². The third-order valence-corrected chi connectivity index (χ3v) is 4.25. The second kappa shape index (κ2) is 7.00. The van der Waals surface area contributed by atoms with E-state index in [1.54, 1.807) is 30.0 Å². The Morgan fingerprint density at radius 3 is 2.72 bits per heavy atom. The number of hydrogen-bond donors (Lipinski definition) is 1. The van der Waals surface area contributed by atoms with E-state index in [0.717, 1.165) is 0 Å². The fourth-order valence-corrected chi connectivity index (χ4v) is 2.90. The van der Waals surface area contributed by atoms with Crippen LogP contribution in [0.5, 0.6) is 11.5 Å². The second-order valence-electron chi connectivity index (χ2n) is 5.99. The number of ether oxygens (including phenoxy) is 3. The van der Waals surface area contributed by atoms with Crippen LogP contribution in [0.15, 0.2) is 18.2 Å². The van der Waals surface area contributed by atoms with E-state index in [1.165, 1.54) is 7.11 Å². The monoisotopic (exact) mass is 348 g/mol. The molecule has 0 saturated carbocycles. The summed E-state index contributed by atoms with van der Waals surface area (Å²) in [6.45, 7) is 2.74. The van der Waals surface area contributed by atoms with Gasteiger partial charge >= 0.3 is 5.97 Å². The third kappa shape index (κ3) is 3.52. The molecule has 0 bridgehead atoms. The number of methoxy groups -OCH3 is 1. The van der Waals surface area contributed by atoms with Crippen molar-refractivity contribution in [2.24, 2.45) is 5.92 Å². The SMILES string of the molecule is COC(=O)[C@@H](C)NC(=O)[C@H]1CC(=O)N(c2ccc3c(c2)OCCO3)C1. The molecule has 1 N–H and O–H groups in total. The minimum Gasteiger partial charge on any atom is -0.486 e. The van der Waals surface area contributed by atoms with Gasteiger partial charge in [0.05, 0.1) is 13.0 Å². The highest BCUT2D eigenvalue weighted by Gasteiger charge is 2.36. The molecule has 134 valence electrons. The molecule has 1 aromatic carbocycles. The normalized spacial score (nSPS) is 20.2. The molecule has 8 heteroatoms. The van der Waals surface area contributed by atoms with Gasteiger partial charge in [0.2, 0.25) is 11.8 Å². The van der Waals surface area contributed by atoms with E-state index >= 15 is 0 Å². The van der Waals surface area contributed by atoms with Crippen LogP contribution in [-0.2, 0) is 19.1 Å². The van der Waals surface area contributed by atoms with Crippen LogP contribution in [0.3, 0.4) is 0 Å². The van der Waals surface area contributed by atoms with E-state index in [1.807, 2.05) is 0 Å². The maximum atomic E-state index is 12.3. The predicted octanol–water partition coefficient (Wildman–Crippen LogP) is 0.488. The maximum Gasteiger partial charge on any atom is 0.328 e. The zero-order valence-corrected chi connectivity index (χ0v) is 14.1. The van der Waals surface area contributed by atoms with Crippen LogP contribution in [0.25, 0.3) is 0 Å². The summed E-state index contributed by atoms with van der Waals surface area (Å²) in [5.74, 6) is -0.311. The highest BCUT2D eigenvalue weighted by atomic mass is 16.6. The second-order valence-corrected chi connectivity index (χ2v) is 5.99. The number of nitrogens with one attached hydrogen (secondary N) is 1. The van der Waals surface area contributed by atoms with Crippen LogP contribution in [-0.4, -0.2) is 50.7 Å². The quantitative estimate of drug-likeness (QED) is 0.796. The lowest BCUT2D eigenvalue weighted by Gasteiger charge is -2.22. The Balaban J connectivity index is 1.68. The zero-order chi connectivity index (χ0) is 18.0. The van der Waals surface area contributed by atoms with Gasteiger partial charge in [-0.3, -0.25) is 9.59 Å². The zero-order valence-electron chi connectivity index (χ0n) is 14.1.